The van der Waals surface area contributed by atoms with Crippen molar-refractivity contribution in [2.75, 3.05) is 6.61 Å². The molecule has 1 aliphatic rings. The van der Waals surface area contributed by atoms with Crippen LogP contribution in [0.1, 0.15) is 30.9 Å². The second kappa shape index (κ2) is 8.38. The molecule has 0 aliphatic carbocycles. The highest BCUT2D eigenvalue weighted by molar-refractivity contribution is 5.94. The summed E-state index contributed by atoms with van der Waals surface area (Å²) in [7, 11) is 0. The number of carbonyl (C=O) groups is 3. The molecule has 0 radical (unpaired) electrons. The first-order valence-corrected chi connectivity index (χ1v) is 8.47. The monoisotopic (exact) mass is 413 g/mol. The van der Waals surface area contributed by atoms with Crippen molar-refractivity contribution in [2.24, 2.45) is 5.92 Å². The number of aliphatic carboxylic acids is 2. The molecule has 2 atom stereocenters. The van der Waals surface area contributed by atoms with Gasteiger partial charge < -0.3 is 20.3 Å². The average Bonchev–Trinajstić information content (AvgIpc) is 2.59. The first kappa shape index (κ1) is 22.0. The SMILES string of the molecule is CCOC(=O)/C=C1/NC(C)=C(C(=O)O)C(c2ccccc2C(F)(F)F)C1C(=O)O. The predicted octanol–water partition coefficient (Wildman–Crippen LogP) is 2.90. The molecule has 0 bridgehead atoms. The molecule has 2 rings (SSSR count). The Morgan fingerprint density at radius 2 is 1.83 bits per heavy atom. The van der Waals surface area contributed by atoms with E-state index in [9.17, 15) is 37.8 Å². The van der Waals surface area contributed by atoms with Gasteiger partial charge in [0.1, 0.15) is 5.92 Å². The van der Waals surface area contributed by atoms with E-state index in [0.29, 0.717) is 0 Å². The minimum atomic E-state index is -4.84. The summed E-state index contributed by atoms with van der Waals surface area (Å²) in [6.07, 6.45) is -4.03. The van der Waals surface area contributed by atoms with Crippen LogP contribution >= 0.6 is 0 Å². The van der Waals surface area contributed by atoms with Crippen LogP contribution in [0.5, 0.6) is 0 Å². The number of esters is 1. The zero-order valence-electron chi connectivity index (χ0n) is 15.4. The first-order chi connectivity index (χ1) is 13.5. The Labute approximate surface area is 163 Å². The van der Waals surface area contributed by atoms with E-state index in [2.05, 4.69) is 5.32 Å². The molecule has 2 unspecified atom stereocenters. The van der Waals surface area contributed by atoms with Crippen molar-refractivity contribution >= 4 is 17.9 Å². The van der Waals surface area contributed by atoms with E-state index in [1.54, 1.807) is 0 Å². The van der Waals surface area contributed by atoms with Crippen LogP contribution in [0.4, 0.5) is 13.2 Å². The van der Waals surface area contributed by atoms with Gasteiger partial charge in [0.15, 0.2) is 0 Å². The Kier molecular flexibility index (Phi) is 6.35. The molecular weight excluding hydrogens is 395 g/mol. The van der Waals surface area contributed by atoms with Gasteiger partial charge in [0.25, 0.3) is 0 Å². The smallest absolute Gasteiger partial charge is 0.416 e. The Morgan fingerprint density at radius 3 is 2.34 bits per heavy atom. The topological polar surface area (TPSA) is 113 Å². The molecule has 0 saturated carbocycles. The van der Waals surface area contributed by atoms with E-state index in [1.807, 2.05) is 0 Å². The van der Waals surface area contributed by atoms with E-state index < -0.39 is 52.6 Å². The van der Waals surface area contributed by atoms with Crippen LogP contribution in [-0.4, -0.2) is 34.7 Å². The lowest BCUT2D eigenvalue weighted by Crippen LogP contribution is -2.40. The summed E-state index contributed by atoms with van der Waals surface area (Å²) in [5.74, 6) is -7.54. The lowest BCUT2D eigenvalue weighted by Gasteiger charge is -2.35. The second-order valence-corrected chi connectivity index (χ2v) is 6.20. The molecule has 1 heterocycles. The Morgan fingerprint density at radius 1 is 1.21 bits per heavy atom. The number of carbonyl (C=O) groups excluding carboxylic acids is 1. The van der Waals surface area contributed by atoms with Gasteiger partial charge in [-0.3, -0.25) is 4.79 Å². The maximum Gasteiger partial charge on any atom is 0.416 e. The van der Waals surface area contributed by atoms with Crippen LogP contribution < -0.4 is 5.32 Å². The summed E-state index contributed by atoms with van der Waals surface area (Å²) in [6, 6.07) is 4.16. The second-order valence-electron chi connectivity index (χ2n) is 6.20. The first-order valence-electron chi connectivity index (χ1n) is 8.47. The summed E-state index contributed by atoms with van der Waals surface area (Å²) in [5.41, 5.74) is -2.54. The maximum absolute atomic E-state index is 13.5. The van der Waals surface area contributed by atoms with Gasteiger partial charge in [-0.25, -0.2) is 9.59 Å². The molecule has 7 nitrogen and oxygen atoms in total. The van der Waals surface area contributed by atoms with Gasteiger partial charge in [0.2, 0.25) is 0 Å². The summed E-state index contributed by atoms with van der Waals surface area (Å²) in [6.45, 7) is 2.80. The molecule has 10 heteroatoms. The molecule has 29 heavy (non-hydrogen) atoms. The van der Waals surface area contributed by atoms with Gasteiger partial charge >= 0.3 is 24.1 Å². The number of nitrogens with one attached hydrogen (secondary N) is 1. The van der Waals surface area contributed by atoms with Crippen LogP contribution in [0.25, 0.3) is 0 Å². The largest absolute Gasteiger partial charge is 0.481 e. The van der Waals surface area contributed by atoms with E-state index in [4.69, 9.17) is 4.74 Å². The van der Waals surface area contributed by atoms with Crippen molar-refractivity contribution in [3.8, 4) is 0 Å². The van der Waals surface area contributed by atoms with Gasteiger partial charge in [-0.1, -0.05) is 18.2 Å². The normalized spacial score (nSPS) is 20.9. The lowest BCUT2D eigenvalue weighted by molar-refractivity contribution is -0.143. The highest BCUT2D eigenvalue weighted by atomic mass is 19.4. The lowest BCUT2D eigenvalue weighted by atomic mass is 9.74. The van der Waals surface area contributed by atoms with Crippen molar-refractivity contribution in [2.45, 2.75) is 25.9 Å². The summed E-state index contributed by atoms with van der Waals surface area (Å²) in [4.78, 5) is 35.6. The maximum atomic E-state index is 13.5. The number of allylic oxidation sites excluding steroid dienone is 1. The van der Waals surface area contributed by atoms with Gasteiger partial charge in [-0.2, -0.15) is 13.2 Å². The average molecular weight is 413 g/mol. The molecule has 0 aromatic heterocycles. The number of ether oxygens (including phenoxy) is 1. The minimum absolute atomic E-state index is 0.00408. The van der Waals surface area contributed by atoms with Gasteiger partial charge in [0.05, 0.1) is 17.7 Å². The highest BCUT2D eigenvalue weighted by Gasteiger charge is 2.46. The summed E-state index contributed by atoms with van der Waals surface area (Å²) >= 11 is 0. The Balaban J connectivity index is 2.80. The van der Waals surface area contributed by atoms with Crippen LogP contribution in [0.3, 0.4) is 0 Å². The van der Waals surface area contributed by atoms with E-state index in [1.165, 1.54) is 19.9 Å². The Hall–Kier alpha value is -3.30. The zero-order chi connectivity index (χ0) is 21.9. The number of rotatable bonds is 5. The van der Waals surface area contributed by atoms with Crippen molar-refractivity contribution in [3.05, 3.63) is 58.4 Å². The third-order valence-corrected chi connectivity index (χ3v) is 4.37. The molecule has 1 aliphatic heterocycles. The fraction of sp³-hybridized carbons (Fsp3) is 0.316. The third kappa shape index (κ3) is 4.58. The molecule has 0 fully saturated rings. The highest BCUT2D eigenvalue weighted by Crippen LogP contribution is 2.45. The van der Waals surface area contributed by atoms with Gasteiger partial charge in [0, 0.05) is 23.4 Å². The molecule has 3 N–H and O–H groups in total. The number of halogens is 3. The van der Waals surface area contributed by atoms with Crippen molar-refractivity contribution in [1.29, 1.82) is 0 Å². The molecule has 0 spiro atoms. The zero-order valence-corrected chi connectivity index (χ0v) is 15.4. The van der Waals surface area contributed by atoms with E-state index in [0.717, 1.165) is 24.3 Å². The fourth-order valence-corrected chi connectivity index (χ4v) is 3.31. The van der Waals surface area contributed by atoms with Gasteiger partial charge in [-0.05, 0) is 25.5 Å². The van der Waals surface area contributed by atoms with Crippen molar-refractivity contribution < 1.29 is 42.5 Å². The van der Waals surface area contributed by atoms with Crippen LogP contribution in [-0.2, 0) is 25.3 Å². The van der Waals surface area contributed by atoms with Crippen molar-refractivity contribution in [1.82, 2.24) is 5.32 Å². The molecule has 0 saturated heterocycles. The van der Waals surface area contributed by atoms with Crippen molar-refractivity contribution in [3.63, 3.8) is 0 Å². The Bertz CT molecular complexity index is 903. The third-order valence-electron chi connectivity index (χ3n) is 4.37. The standard InChI is InChI=1S/C19H18F3NO6/c1-3-29-13(24)8-12-16(18(27)28)15(14(17(25)26)9(2)23-12)10-6-4-5-7-11(10)19(20,21)22/h4-8,15-16,23H,3H2,1-2H3,(H,25,26)(H,27,28)/b12-8+. The van der Waals surface area contributed by atoms with Crippen LogP contribution in [0.2, 0.25) is 0 Å². The van der Waals surface area contributed by atoms with Crippen LogP contribution in [0.15, 0.2) is 47.3 Å². The molecule has 1 aromatic carbocycles. The summed E-state index contributed by atoms with van der Waals surface area (Å²) in [5, 5.41) is 21.9. The van der Waals surface area contributed by atoms with Crippen LogP contribution in [0, 0.1) is 5.92 Å². The number of carboxylic acid groups (broad SMARTS) is 2. The molecule has 0 amide bonds. The number of hydrogen-bond donors (Lipinski definition) is 3. The molecule has 1 aromatic rings. The number of benzene rings is 1. The minimum Gasteiger partial charge on any atom is -0.481 e. The van der Waals surface area contributed by atoms with Gasteiger partial charge in [-0.15, -0.1) is 0 Å². The number of alkyl halides is 3. The van der Waals surface area contributed by atoms with E-state index >= 15 is 0 Å². The predicted molar refractivity (Wildman–Crippen MR) is 93.5 cm³/mol. The molecule has 156 valence electrons. The summed E-state index contributed by atoms with van der Waals surface area (Å²) < 4.78 is 45.4. The number of carboxylic acids is 2. The fourth-order valence-electron chi connectivity index (χ4n) is 3.31. The molecular formula is C19H18F3NO6. The number of hydrogen-bond acceptors (Lipinski definition) is 5. The van der Waals surface area contributed by atoms with E-state index in [-0.39, 0.29) is 18.0 Å². The quantitative estimate of drug-likeness (QED) is 0.503.